The monoisotopic (exact) mass is 466 g/mol. The van der Waals surface area contributed by atoms with Crippen molar-refractivity contribution < 1.29 is 10.1 Å². The summed E-state index contributed by atoms with van der Waals surface area (Å²) >= 11 is 1.84. The molecule has 0 atom stereocenters. The summed E-state index contributed by atoms with van der Waals surface area (Å²) in [6.45, 7) is 6.58. The third-order valence-corrected chi connectivity index (χ3v) is 9.09. The van der Waals surface area contributed by atoms with Gasteiger partial charge < -0.3 is 15.0 Å². The second-order valence-corrected chi connectivity index (χ2v) is 11.0. The van der Waals surface area contributed by atoms with Crippen LogP contribution >= 0.6 is 11.3 Å². The van der Waals surface area contributed by atoms with Crippen LogP contribution in [0.25, 0.3) is 22.3 Å². The van der Waals surface area contributed by atoms with Crippen LogP contribution < -0.4 is 5.32 Å². The Kier molecular flexibility index (Phi) is 6.46. The van der Waals surface area contributed by atoms with Crippen LogP contribution in [-0.2, 0) is 4.74 Å². The fourth-order valence-electron chi connectivity index (χ4n) is 6.13. The minimum Gasteiger partial charge on any atom is -0.380 e. The fourth-order valence-corrected chi connectivity index (χ4v) is 7.12. The van der Waals surface area contributed by atoms with Gasteiger partial charge in [0.25, 0.3) is 0 Å². The van der Waals surface area contributed by atoms with E-state index in [9.17, 15) is 0 Å². The Hall–Kier alpha value is -1.80. The van der Waals surface area contributed by atoms with Gasteiger partial charge in [-0.2, -0.15) is 0 Å². The van der Waals surface area contributed by atoms with Crippen molar-refractivity contribution in [3.05, 3.63) is 34.4 Å². The first-order valence-corrected chi connectivity index (χ1v) is 13.8. The molecule has 33 heavy (non-hydrogen) atoms. The van der Waals surface area contributed by atoms with Crippen molar-refractivity contribution >= 4 is 22.4 Å². The first-order chi connectivity index (χ1) is 16.3. The number of hydrogen-bond donors (Lipinski definition) is 2. The zero-order chi connectivity index (χ0) is 22.0. The lowest BCUT2D eigenvalue weighted by Gasteiger charge is -2.36. The largest absolute Gasteiger partial charge is 0.380 e. The highest BCUT2D eigenvalue weighted by Crippen LogP contribution is 2.38. The standard InChI is InChI=1S/C26H35N5OS/c1-10-31(11-13-32-12-1)21-4-2-18(3-5-21)20-14-22-23(16-29-25(22)28-15-20)24-17-33-26(30-24)19-6-8-27-9-7-19/h14-19,21,27H,1-13H2,(H,28,29)/p+1. The number of piperidine rings is 1. The molecule has 2 aliphatic heterocycles. The maximum absolute atomic E-state index is 5.66. The maximum atomic E-state index is 5.66. The first kappa shape index (κ1) is 21.7. The Morgan fingerprint density at radius 2 is 1.91 bits per heavy atom. The molecule has 3 N–H and O–H groups in total. The number of rotatable bonds is 4. The summed E-state index contributed by atoms with van der Waals surface area (Å²) in [5.41, 5.74) is 4.71. The van der Waals surface area contributed by atoms with Crippen LogP contribution in [0.3, 0.4) is 0 Å². The van der Waals surface area contributed by atoms with E-state index < -0.39 is 0 Å². The van der Waals surface area contributed by atoms with Crippen LogP contribution in [0, 0.1) is 0 Å². The third-order valence-electron chi connectivity index (χ3n) is 8.08. The van der Waals surface area contributed by atoms with Crippen LogP contribution in [0.5, 0.6) is 0 Å². The van der Waals surface area contributed by atoms with Crippen LogP contribution in [-0.4, -0.2) is 65.3 Å². The van der Waals surface area contributed by atoms with Gasteiger partial charge in [0.2, 0.25) is 0 Å². The van der Waals surface area contributed by atoms with Crippen LogP contribution in [0.15, 0.2) is 23.8 Å². The van der Waals surface area contributed by atoms with E-state index in [4.69, 9.17) is 14.7 Å². The molecule has 1 saturated carbocycles. The van der Waals surface area contributed by atoms with Crippen molar-refractivity contribution in [2.75, 3.05) is 39.4 Å². The van der Waals surface area contributed by atoms with E-state index in [1.807, 2.05) is 11.3 Å². The molecule has 3 aliphatic rings. The zero-order valence-electron chi connectivity index (χ0n) is 19.5. The third kappa shape index (κ3) is 4.61. The lowest BCUT2D eigenvalue weighted by molar-refractivity contribution is -0.663. The number of nitrogens with two attached hydrogens (primary N) is 1. The molecule has 1 aliphatic carbocycles. The lowest BCUT2D eigenvalue weighted by atomic mass is 9.81. The molecular weight excluding hydrogens is 430 g/mol. The lowest BCUT2D eigenvalue weighted by Crippen LogP contribution is -2.86. The van der Waals surface area contributed by atoms with E-state index >= 15 is 0 Å². The van der Waals surface area contributed by atoms with Gasteiger partial charge in [0.15, 0.2) is 0 Å². The number of nitrogens with one attached hydrogen (secondary N) is 1. The quantitative estimate of drug-likeness (QED) is 0.612. The highest BCUT2D eigenvalue weighted by atomic mass is 32.1. The number of thiazole rings is 1. The van der Waals surface area contributed by atoms with Gasteiger partial charge in [0.05, 0.1) is 30.4 Å². The Labute approximate surface area is 200 Å². The van der Waals surface area contributed by atoms with Gasteiger partial charge in [-0.3, -0.25) is 4.90 Å². The fraction of sp³-hybridized carbons (Fsp3) is 0.615. The minimum atomic E-state index is 0.619. The molecule has 0 spiro atoms. The van der Waals surface area contributed by atoms with E-state index in [1.165, 1.54) is 86.1 Å². The number of pyridine rings is 1. The number of quaternary nitrogens is 1. The minimum absolute atomic E-state index is 0.619. The highest BCUT2D eigenvalue weighted by molar-refractivity contribution is 7.10. The second-order valence-electron chi connectivity index (χ2n) is 10.1. The van der Waals surface area contributed by atoms with Gasteiger partial charge in [0.1, 0.15) is 5.65 Å². The van der Waals surface area contributed by atoms with Crippen molar-refractivity contribution in [2.45, 2.75) is 62.8 Å². The summed E-state index contributed by atoms with van der Waals surface area (Å²) in [5.74, 6) is 1.26. The Balaban J connectivity index is 1.18. The van der Waals surface area contributed by atoms with E-state index in [2.05, 4.69) is 39.0 Å². The summed E-state index contributed by atoms with van der Waals surface area (Å²) in [4.78, 5) is 16.0. The number of aromatic nitrogens is 3. The normalized spacial score (nSPS) is 25.9. The van der Waals surface area contributed by atoms with E-state index in [0.717, 1.165) is 37.1 Å². The van der Waals surface area contributed by atoms with E-state index in [1.54, 1.807) is 0 Å². The van der Waals surface area contributed by atoms with Gasteiger partial charge >= 0.3 is 0 Å². The number of ether oxygens (including phenoxy) is 1. The van der Waals surface area contributed by atoms with Crippen molar-refractivity contribution in [3.63, 3.8) is 0 Å². The first-order valence-electron chi connectivity index (χ1n) is 12.9. The summed E-state index contributed by atoms with van der Waals surface area (Å²) in [7, 11) is 0. The molecule has 6 rings (SSSR count). The molecular formula is C26H36N5OS+. The Morgan fingerprint density at radius 3 is 2.79 bits per heavy atom. The topological polar surface area (TPSA) is 70.7 Å². The Morgan fingerprint density at radius 1 is 1.03 bits per heavy atom. The molecule has 176 valence electrons. The van der Waals surface area contributed by atoms with Crippen molar-refractivity contribution in [2.24, 2.45) is 0 Å². The highest BCUT2D eigenvalue weighted by Gasteiger charge is 2.28. The predicted octanol–water partition coefficient (Wildman–Crippen LogP) is 3.88. The summed E-state index contributed by atoms with van der Waals surface area (Å²) < 4.78 is 5.66. The van der Waals surface area contributed by atoms with Gasteiger partial charge in [-0.05, 0) is 49.7 Å². The van der Waals surface area contributed by atoms with Gasteiger partial charge in [-0.25, -0.2) is 9.97 Å². The number of aromatic amines is 1. The molecule has 5 heterocycles. The Bertz CT molecular complexity index is 1060. The number of H-pyrrole nitrogens is 1. The molecule has 2 saturated heterocycles. The summed E-state index contributed by atoms with van der Waals surface area (Å²) in [6, 6.07) is 3.13. The summed E-state index contributed by atoms with van der Waals surface area (Å²) in [5, 5.41) is 7.22. The molecule has 6 nitrogen and oxygen atoms in total. The molecule has 0 aromatic carbocycles. The van der Waals surface area contributed by atoms with Gasteiger partial charge in [0, 0.05) is 73.2 Å². The summed E-state index contributed by atoms with van der Waals surface area (Å²) in [6.07, 6.45) is 13.0. The average Bonchev–Trinajstić information content (AvgIpc) is 3.43. The van der Waals surface area contributed by atoms with E-state index in [0.29, 0.717) is 11.8 Å². The van der Waals surface area contributed by atoms with Crippen molar-refractivity contribution in [1.82, 2.24) is 19.9 Å². The van der Waals surface area contributed by atoms with Crippen molar-refractivity contribution in [1.29, 1.82) is 0 Å². The van der Waals surface area contributed by atoms with Gasteiger partial charge in [-0.1, -0.05) is 0 Å². The number of nitrogens with zero attached hydrogens (tertiary/aromatic N) is 3. The van der Waals surface area contributed by atoms with E-state index in [-0.39, 0.29) is 0 Å². The number of fused-ring (bicyclic) bond motifs is 1. The second kappa shape index (κ2) is 9.82. The molecule has 7 heteroatoms. The molecule has 3 aromatic rings. The SMILES string of the molecule is c1nc2[nH]cc(-c3csc(C4CC[NH2+]CC4)n3)c2cc1C1CCC(N2CCCOCC2)CC1. The van der Waals surface area contributed by atoms with Crippen LogP contribution in [0.1, 0.15) is 67.4 Å². The van der Waals surface area contributed by atoms with Gasteiger partial charge in [-0.15, -0.1) is 11.3 Å². The smallest absolute Gasteiger partial charge is 0.137 e. The molecule has 0 bridgehead atoms. The molecule has 3 aromatic heterocycles. The molecule has 0 unspecified atom stereocenters. The molecule has 0 radical (unpaired) electrons. The zero-order valence-corrected chi connectivity index (χ0v) is 20.3. The molecule has 3 fully saturated rings. The average molecular weight is 467 g/mol. The maximum Gasteiger partial charge on any atom is 0.137 e. The number of hydrogen-bond acceptors (Lipinski definition) is 5. The van der Waals surface area contributed by atoms with Crippen LogP contribution in [0.4, 0.5) is 0 Å². The predicted molar refractivity (Wildman–Crippen MR) is 133 cm³/mol. The molecule has 0 amide bonds. The van der Waals surface area contributed by atoms with Crippen LogP contribution in [0.2, 0.25) is 0 Å². The van der Waals surface area contributed by atoms with Crippen molar-refractivity contribution in [3.8, 4) is 11.3 Å².